The first-order valence-electron chi connectivity index (χ1n) is 5.77. The van der Waals surface area contributed by atoms with Crippen LogP contribution in [0.3, 0.4) is 0 Å². The van der Waals surface area contributed by atoms with Crippen molar-refractivity contribution in [3.8, 4) is 5.75 Å². The molecule has 0 aliphatic rings. The van der Waals surface area contributed by atoms with Gasteiger partial charge in [0.2, 0.25) is 0 Å². The number of allylic oxidation sites excluding steroid dienone is 1. The minimum absolute atomic E-state index is 0.0103. The highest BCUT2D eigenvalue weighted by molar-refractivity contribution is 5.83. The van der Waals surface area contributed by atoms with Crippen molar-refractivity contribution in [1.82, 2.24) is 0 Å². The number of rotatable bonds is 5. The van der Waals surface area contributed by atoms with Crippen LogP contribution in [0.4, 0.5) is 4.39 Å². The van der Waals surface area contributed by atoms with Gasteiger partial charge in [-0.2, -0.15) is 0 Å². The minimum Gasteiger partial charge on any atom is -0.486 e. The Balaban J connectivity index is 2.59. The molecule has 0 saturated carbocycles. The van der Waals surface area contributed by atoms with Gasteiger partial charge in [-0.05, 0) is 17.5 Å². The molecule has 1 aromatic heterocycles. The van der Waals surface area contributed by atoms with Crippen LogP contribution in [0.1, 0.15) is 5.76 Å². The van der Waals surface area contributed by atoms with Crippen molar-refractivity contribution in [2.45, 2.75) is 6.42 Å². The van der Waals surface area contributed by atoms with Gasteiger partial charge in [0.1, 0.15) is 17.8 Å². The van der Waals surface area contributed by atoms with E-state index in [1.54, 1.807) is 18.2 Å². The van der Waals surface area contributed by atoms with Crippen LogP contribution in [-0.4, -0.2) is 6.61 Å². The first kappa shape index (κ1) is 13.1. The molecular formula is C15H13FO3. The average molecular weight is 260 g/mol. The summed E-state index contributed by atoms with van der Waals surface area (Å²) in [6.45, 7) is 7.21. The molecule has 19 heavy (non-hydrogen) atoms. The maximum Gasteiger partial charge on any atom is 0.346 e. The quantitative estimate of drug-likeness (QED) is 0.775. The summed E-state index contributed by atoms with van der Waals surface area (Å²) in [4.78, 5) is 11.8. The second-order valence-electron chi connectivity index (χ2n) is 3.93. The summed E-state index contributed by atoms with van der Waals surface area (Å²) in [5.41, 5.74) is -0.712. The second-order valence-corrected chi connectivity index (χ2v) is 3.93. The molecule has 0 radical (unpaired) electrons. The number of hydrogen-bond donors (Lipinski definition) is 0. The summed E-state index contributed by atoms with van der Waals surface area (Å²) >= 11 is 0. The van der Waals surface area contributed by atoms with E-state index in [1.807, 2.05) is 0 Å². The Morgan fingerprint density at radius 2 is 2.11 bits per heavy atom. The molecule has 2 aromatic rings. The molecule has 1 heterocycles. The first-order valence-corrected chi connectivity index (χ1v) is 5.77. The highest BCUT2D eigenvalue weighted by Gasteiger charge is 2.13. The Morgan fingerprint density at radius 3 is 2.79 bits per heavy atom. The maximum atomic E-state index is 14.1. The Kier molecular flexibility index (Phi) is 3.80. The molecule has 0 N–H and O–H groups in total. The highest BCUT2D eigenvalue weighted by atomic mass is 19.1. The number of fused-ring (bicyclic) bond motifs is 1. The fourth-order valence-electron chi connectivity index (χ4n) is 1.78. The average Bonchev–Trinajstić information content (AvgIpc) is 2.38. The summed E-state index contributed by atoms with van der Waals surface area (Å²) in [5, 5.41) is 0.380. The molecule has 0 spiro atoms. The van der Waals surface area contributed by atoms with E-state index in [1.165, 1.54) is 12.1 Å². The zero-order valence-electron chi connectivity index (χ0n) is 10.3. The van der Waals surface area contributed by atoms with Gasteiger partial charge in [0, 0.05) is 6.42 Å². The number of hydrogen-bond acceptors (Lipinski definition) is 3. The highest BCUT2D eigenvalue weighted by Crippen LogP contribution is 2.25. The second kappa shape index (κ2) is 5.52. The van der Waals surface area contributed by atoms with Crippen LogP contribution < -0.4 is 10.4 Å². The fraction of sp³-hybridized carbons (Fsp3) is 0.133. The molecule has 1 aromatic carbocycles. The lowest BCUT2D eigenvalue weighted by molar-refractivity contribution is 0.343. The monoisotopic (exact) mass is 260 g/mol. The van der Waals surface area contributed by atoms with E-state index >= 15 is 0 Å². The van der Waals surface area contributed by atoms with Gasteiger partial charge in [-0.25, -0.2) is 9.18 Å². The van der Waals surface area contributed by atoms with Crippen LogP contribution in [-0.2, 0) is 6.42 Å². The van der Waals surface area contributed by atoms with Crippen LogP contribution >= 0.6 is 0 Å². The molecule has 0 atom stereocenters. The van der Waals surface area contributed by atoms with Crippen LogP contribution in [0.25, 0.3) is 10.8 Å². The standard InChI is InChI=1S/C15H13FO3/c1-3-5-11-9-10-6-7-12(18-8-4-2)14(16)13(10)15(17)19-11/h3-4,6-7,9H,1-2,5,8H2. The lowest BCUT2D eigenvalue weighted by Crippen LogP contribution is -2.06. The van der Waals surface area contributed by atoms with Crippen molar-refractivity contribution in [3.05, 3.63) is 65.5 Å². The third kappa shape index (κ3) is 2.57. The summed E-state index contributed by atoms with van der Waals surface area (Å²) in [6, 6.07) is 4.73. The van der Waals surface area contributed by atoms with Gasteiger partial charge in [0.15, 0.2) is 11.6 Å². The van der Waals surface area contributed by atoms with E-state index in [0.717, 1.165) is 0 Å². The van der Waals surface area contributed by atoms with Crippen LogP contribution in [0, 0.1) is 5.82 Å². The van der Waals surface area contributed by atoms with Gasteiger partial charge < -0.3 is 9.15 Å². The van der Waals surface area contributed by atoms with E-state index < -0.39 is 11.4 Å². The smallest absolute Gasteiger partial charge is 0.346 e. The Labute approximate surface area is 109 Å². The SMILES string of the molecule is C=CCOc1ccc2cc(CC=C)oc(=O)c2c1F. The molecular weight excluding hydrogens is 247 g/mol. The maximum absolute atomic E-state index is 14.1. The Hall–Kier alpha value is -2.36. The van der Waals surface area contributed by atoms with Crippen molar-refractivity contribution >= 4 is 10.8 Å². The van der Waals surface area contributed by atoms with Crippen LogP contribution in [0.15, 0.2) is 52.7 Å². The van der Waals surface area contributed by atoms with Gasteiger partial charge in [-0.1, -0.05) is 24.8 Å². The van der Waals surface area contributed by atoms with E-state index in [2.05, 4.69) is 13.2 Å². The number of benzene rings is 1. The molecule has 0 aliphatic carbocycles. The van der Waals surface area contributed by atoms with Crippen molar-refractivity contribution in [2.24, 2.45) is 0 Å². The first-order chi connectivity index (χ1) is 9.17. The van der Waals surface area contributed by atoms with Gasteiger partial charge in [0.25, 0.3) is 0 Å². The van der Waals surface area contributed by atoms with E-state index in [4.69, 9.17) is 9.15 Å². The third-order valence-corrected chi connectivity index (χ3v) is 2.59. The normalized spacial score (nSPS) is 10.4. The van der Waals surface area contributed by atoms with Gasteiger partial charge in [-0.3, -0.25) is 0 Å². The topological polar surface area (TPSA) is 39.4 Å². The minimum atomic E-state index is -0.712. The predicted molar refractivity (Wildman–Crippen MR) is 72.0 cm³/mol. The predicted octanol–water partition coefficient (Wildman–Crippen LogP) is 3.23. The fourth-order valence-corrected chi connectivity index (χ4v) is 1.78. The van der Waals surface area contributed by atoms with E-state index in [0.29, 0.717) is 17.6 Å². The third-order valence-electron chi connectivity index (χ3n) is 2.59. The Morgan fingerprint density at radius 1 is 1.32 bits per heavy atom. The molecule has 3 nitrogen and oxygen atoms in total. The molecule has 0 saturated heterocycles. The largest absolute Gasteiger partial charge is 0.486 e. The van der Waals surface area contributed by atoms with Crippen molar-refractivity contribution < 1.29 is 13.5 Å². The summed E-state index contributed by atoms with van der Waals surface area (Å²) in [6.07, 6.45) is 3.53. The van der Waals surface area contributed by atoms with Crippen LogP contribution in [0.5, 0.6) is 5.75 Å². The zero-order chi connectivity index (χ0) is 13.8. The molecule has 2 rings (SSSR count). The molecule has 0 bridgehead atoms. The van der Waals surface area contributed by atoms with Gasteiger partial charge in [-0.15, -0.1) is 6.58 Å². The zero-order valence-corrected chi connectivity index (χ0v) is 10.3. The van der Waals surface area contributed by atoms with Crippen molar-refractivity contribution in [2.75, 3.05) is 6.61 Å². The lowest BCUT2D eigenvalue weighted by atomic mass is 10.1. The van der Waals surface area contributed by atoms with Crippen LogP contribution in [0.2, 0.25) is 0 Å². The lowest BCUT2D eigenvalue weighted by Gasteiger charge is -2.07. The molecule has 0 unspecified atom stereocenters. The molecule has 0 fully saturated rings. The summed E-state index contributed by atoms with van der Waals surface area (Å²) < 4.78 is 24.3. The number of ether oxygens (including phenoxy) is 1. The molecule has 4 heteroatoms. The van der Waals surface area contributed by atoms with Crippen molar-refractivity contribution in [1.29, 1.82) is 0 Å². The van der Waals surface area contributed by atoms with Gasteiger partial charge in [0.05, 0.1) is 0 Å². The summed E-state index contributed by atoms with van der Waals surface area (Å²) in [5.74, 6) is -0.249. The molecule has 98 valence electrons. The van der Waals surface area contributed by atoms with E-state index in [9.17, 15) is 9.18 Å². The van der Waals surface area contributed by atoms with E-state index in [-0.39, 0.29) is 17.7 Å². The Bertz CT molecular complexity index is 686. The molecule has 0 aliphatic heterocycles. The molecule has 0 amide bonds. The van der Waals surface area contributed by atoms with Gasteiger partial charge >= 0.3 is 5.63 Å². The number of halogens is 1. The summed E-state index contributed by atoms with van der Waals surface area (Å²) in [7, 11) is 0. The van der Waals surface area contributed by atoms with Crippen molar-refractivity contribution in [3.63, 3.8) is 0 Å².